The lowest BCUT2D eigenvalue weighted by Gasteiger charge is -2.19. The molecule has 0 aliphatic heterocycles. The molecule has 39 heavy (non-hydrogen) atoms. The highest BCUT2D eigenvalue weighted by molar-refractivity contribution is 5.72. The second kappa shape index (κ2) is 10.7. The Labute approximate surface area is 217 Å². The van der Waals surface area contributed by atoms with Gasteiger partial charge in [0.1, 0.15) is 22.9 Å². The molecule has 0 heterocycles. The van der Waals surface area contributed by atoms with E-state index in [0.29, 0.717) is 5.56 Å². The topological polar surface area (TPSA) is 9.23 Å². The van der Waals surface area contributed by atoms with Crippen LogP contribution in [0.1, 0.15) is 30.0 Å². The van der Waals surface area contributed by atoms with Crippen LogP contribution in [0.5, 0.6) is 5.75 Å². The molecule has 10 heteroatoms. The maximum Gasteiger partial charge on any atom is 0.426 e. The minimum Gasteiger partial charge on any atom is -0.429 e. The summed E-state index contributed by atoms with van der Waals surface area (Å²) < 4.78 is 129. The molecule has 0 amide bonds. The zero-order valence-corrected chi connectivity index (χ0v) is 20.2. The van der Waals surface area contributed by atoms with Gasteiger partial charge in [-0.3, -0.25) is 0 Å². The first-order valence-corrected chi connectivity index (χ1v) is 11.6. The van der Waals surface area contributed by atoms with E-state index in [1.54, 1.807) is 12.1 Å². The van der Waals surface area contributed by atoms with Crippen molar-refractivity contribution in [2.45, 2.75) is 32.1 Å². The lowest BCUT2D eigenvalue weighted by Crippen LogP contribution is -2.22. The summed E-state index contributed by atoms with van der Waals surface area (Å²) >= 11 is 0. The zero-order valence-electron chi connectivity index (χ0n) is 20.2. The smallest absolute Gasteiger partial charge is 0.426 e. The van der Waals surface area contributed by atoms with Gasteiger partial charge in [-0.05, 0) is 35.2 Å². The van der Waals surface area contributed by atoms with Crippen molar-refractivity contribution < 1.29 is 44.3 Å². The number of rotatable bonds is 7. The van der Waals surface area contributed by atoms with Gasteiger partial charge >= 0.3 is 12.3 Å². The predicted octanol–water partition coefficient (Wildman–Crippen LogP) is 9.68. The second-order valence-electron chi connectivity index (χ2n) is 8.69. The highest BCUT2D eigenvalue weighted by Gasteiger charge is 2.40. The Morgan fingerprint density at radius 2 is 1.10 bits per heavy atom. The molecule has 0 unspecified atom stereocenters. The minimum absolute atomic E-state index is 0.00869. The van der Waals surface area contributed by atoms with Crippen LogP contribution in [0.25, 0.3) is 22.3 Å². The predicted molar refractivity (Wildman–Crippen MR) is 127 cm³/mol. The van der Waals surface area contributed by atoms with Crippen LogP contribution in [0.2, 0.25) is 0 Å². The Hall–Kier alpha value is -3.95. The highest BCUT2D eigenvalue weighted by Crippen LogP contribution is 2.39. The van der Waals surface area contributed by atoms with Crippen LogP contribution in [-0.2, 0) is 18.7 Å². The van der Waals surface area contributed by atoms with Crippen molar-refractivity contribution in [2.24, 2.45) is 0 Å². The number of aryl methyl sites for hydroxylation is 1. The summed E-state index contributed by atoms with van der Waals surface area (Å²) in [5.41, 5.74) is -1.72. The third kappa shape index (κ3) is 5.89. The molecule has 0 N–H and O–H groups in total. The molecular formula is C29H19F9O. The van der Waals surface area contributed by atoms with Crippen molar-refractivity contribution >= 4 is 0 Å². The summed E-state index contributed by atoms with van der Waals surface area (Å²) in [6, 6.07) is 13.4. The largest absolute Gasteiger partial charge is 0.429 e. The first kappa shape index (κ1) is 28.1. The number of alkyl halides is 5. The fraction of sp³-hybridized carbons (Fsp3) is 0.172. The molecule has 0 bridgehead atoms. The maximum absolute atomic E-state index is 14.9. The molecule has 0 radical (unpaired) electrons. The van der Waals surface area contributed by atoms with Gasteiger partial charge in [0, 0.05) is 23.3 Å². The Morgan fingerprint density at radius 3 is 1.54 bits per heavy atom. The number of hydrogen-bond donors (Lipinski definition) is 0. The Balaban J connectivity index is 1.57. The quantitative estimate of drug-likeness (QED) is 0.207. The Kier molecular flexibility index (Phi) is 7.68. The fourth-order valence-corrected chi connectivity index (χ4v) is 4.07. The molecule has 0 aromatic heterocycles. The van der Waals surface area contributed by atoms with Crippen LogP contribution in [-0.4, -0.2) is 0 Å². The standard InChI is InChI=1S/C29H19F9O/c1-2-3-16-4-6-17(7-5-16)21-12-13-22(27(33)26(21)32)18-8-10-19(11-9-18)29(37,38)39-20-14-23(30)25(24(31)15-20)28(34,35)36/h4-15H,2-3H2,1H3. The van der Waals surface area contributed by atoms with Crippen molar-refractivity contribution in [3.05, 3.63) is 113 Å². The van der Waals surface area contributed by atoms with Crippen LogP contribution in [0.15, 0.2) is 72.8 Å². The Morgan fingerprint density at radius 1 is 0.641 bits per heavy atom. The van der Waals surface area contributed by atoms with Crippen molar-refractivity contribution in [2.75, 3.05) is 0 Å². The van der Waals surface area contributed by atoms with E-state index in [0.717, 1.165) is 42.7 Å². The van der Waals surface area contributed by atoms with E-state index in [1.165, 1.54) is 12.1 Å². The normalized spacial score (nSPS) is 12.1. The lowest BCUT2D eigenvalue weighted by atomic mass is 9.97. The molecule has 204 valence electrons. The van der Waals surface area contributed by atoms with Gasteiger partial charge in [-0.15, -0.1) is 0 Å². The molecule has 0 saturated carbocycles. The monoisotopic (exact) mass is 554 g/mol. The van der Waals surface area contributed by atoms with Crippen LogP contribution >= 0.6 is 0 Å². The minimum atomic E-state index is -5.38. The molecule has 4 rings (SSSR count). The molecule has 0 fully saturated rings. The van der Waals surface area contributed by atoms with E-state index < -0.39 is 52.4 Å². The summed E-state index contributed by atoms with van der Waals surface area (Å²) in [5.74, 6) is -7.75. The molecule has 0 aliphatic rings. The lowest BCUT2D eigenvalue weighted by molar-refractivity contribution is -0.185. The van der Waals surface area contributed by atoms with Crippen molar-refractivity contribution in [3.8, 4) is 28.0 Å². The molecule has 0 saturated heterocycles. The van der Waals surface area contributed by atoms with Crippen LogP contribution in [0.3, 0.4) is 0 Å². The van der Waals surface area contributed by atoms with Gasteiger partial charge in [-0.25, -0.2) is 17.6 Å². The Bertz CT molecular complexity index is 1450. The third-order valence-electron chi connectivity index (χ3n) is 5.96. The molecular weight excluding hydrogens is 535 g/mol. The van der Waals surface area contributed by atoms with Gasteiger partial charge in [0.15, 0.2) is 11.6 Å². The van der Waals surface area contributed by atoms with Gasteiger partial charge < -0.3 is 4.74 Å². The van der Waals surface area contributed by atoms with E-state index in [4.69, 9.17) is 0 Å². The van der Waals surface area contributed by atoms with E-state index in [-0.39, 0.29) is 28.8 Å². The van der Waals surface area contributed by atoms with Crippen LogP contribution in [0, 0.1) is 23.3 Å². The molecule has 0 atom stereocenters. The van der Waals surface area contributed by atoms with Gasteiger partial charge in [0.05, 0.1) is 5.56 Å². The van der Waals surface area contributed by atoms with Gasteiger partial charge in [-0.2, -0.15) is 22.0 Å². The van der Waals surface area contributed by atoms with Crippen molar-refractivity contribution in [1.82, 2.24) is 0 Å². The van der Waals surface area contributed by atoms with Crippen molar-refractivity contribution in [1.29, 1.82) is 0 Å². The van der Waals surface area contributed by atoms with E-state index in [2.05, 4.69) is 4.74 Å². The van der Waals surface area contributed by atoms with Gasteiger partial charge in [0.2, 0.25) is 0 Å². The first-order valence-electron chi connectivity index (χ1n) is 11.6. The molecule has 1 nitrogen and oxygen atoms in total. The summed E-state index contributed by atoms with van der Waals surface area (Å²) in [5, 5.41) is 0. The average molecular weight is 554 g/mol. The van der Waals surface area contributed by atoms with Crippen LogP contribution in [0.4, 0.5) is 39.5 Å². The van der Waals surface area contributed by atoms with Crippen LogP contribution < -0.4 is 4.74 Å². The zero-order chi connectivity index (χ0) is 28.5. The SMILES string of the molecule is CCCc1ccc(-c2ccc(-c3ccc(C(F)(F)Oc4cc(F)c(C(F)(F)F)c(F)c4)cc3)c(F)c2F)cc1. The molecule has 0 aliphatic carbocycles. The molecule has 0 spiro atoms. The third-order valence-corrected chi connectivity index (χ3v) is 5.96. The number of halogens is 9. The van der Waals surface area contributed by atoms with E-state index in [1.807, 2.05) is 19.1 Å². The summed E-state index contributed by atoms with van der Waals surface area (Å²) in [6.45, 7) is 2.02. The summed E-state index contributed by atoms with van der Waals surface area (Å²) in [7, 11) is 0. The number of hydrogen-bond acceptors (Lipinski definition) is 1. The highest BCUT2D eigenvalue weighted by atomic mass is 19.4. The van der Waals surface area contributed by atoms with Gasteiger partial charge in [-0.1, -0.05) is 61.9 Å². The summed E-state index contributed by atoms with van der Waals surface area (Å²) in [4.78, 5) is 0. The van der Waals surface area contributed by atoms with E-state index >= 15 is 0 Å². The van der Waals surface area contributed by atoms with Gasteiger partial charge in [0.25, 0.3) is 0 Å². The van der Waals surface area contributed by atoms with Crippen molar-refractivity contribution in [3.63, 3.8) is 0 Å². The molecule has 4 aromatic carbocycles. The fourth-order valence-electron chi connectivity index (χ4n) is 4.07. The number of ether oxygens (including phenoxy) is 1. The van der Waals surface area contributed by atoms with E-state index in [9.17, 15) is 39.5 Å². The summed E-state index contributed by atoms with van der Waals surface area (Å²) in [6.07, 6.45) is -7.83. The molecule has 4 aromatic rings. The second-order valence-corrected chi connectivity index (χ2v) is 8.69. The number of benzene rings is 4. The average Bonchev–Trinajstić information content (AvgIpc) is 2.85. The maximum atomic E-state index is 14.9. The first-order chi connectivity index (χ1) is 18.3.